The quantitative estimate of drug-likeness (QED) is 0.461. The largest absolute Gasteiger partial charge is 0.497 e. The maximum absolute atomic E-state index is 11.8. The fraction of sp³-hybridized carbons (Fsp3) is 0.0556. The van der Waals surface area contributed by atoms with Crippen molar-refractivity contribution in [3.63, 3.8) is 0 Å². The van der Waals surface area contributed by atoms with Crippen LogP contribution in [0.5, 0.6) is 5.75 Å². The summed E-state index contributed by atoms with van der Waals surface area (Å²) in [6.07, 6.45) is 7.10. The van der Waals surface area contributed by atoms with Crippen LogP contribution in [0, 0.1) is 0 Å². The molecule has 0 spiro atoms. The summed E-state index contributed by atoms with van der Waals surface area (Å²) in [5, 5.41) is 0. The molecular formula is C18H16O2. The Labute approximate surface area is 119 Å². The van der Waals surface area contributed by atoms with E-state index in [1.807, 2.05) is 54.6 Å². The van der Waals surface area contributed by atoms with Gasteiger partial charge in [0.15, 0.2) is 5.78 Å². The summed E-state index contributed by atoms with van der Waals surface area (Å²) < 4.78 is 5.09. The summed E-state index contributed by atoms with van der Waals surface area (Å²) in [7, 11) is 1.64. The van der Waals surface area contributed by atoms with Gasteiger partial charge in [0.05, 0.1) is 7.11 Å². The first-order valence-corrected chi connectivity index (χ1v) is 6.38. The average molecular weight is 264 g/mol. The molecule has 0 heterocycles. The molecule has 2 aromatic carbocycles. The third-order valence-corrected chi connectivity index (χ3v) is 2.82. The number of hydrogen-bond donors (Lipinski definition) is 0. The van der Waals surface area contributed by atoms with Crippen LogP contribution in [0.4, 0.5) is 0 Å². The first-order chi connectivity index (χ1) is 9.79. The molecule has 20 heavy (non-hydrogen) atoms. The van der Waals surface area contributed by atoms with Gasteiger partial charge in [-0.15, -0.1) is 0 Å². The van der Waals surface area contributed by atoms with Crippen molar-refractivity contribution in [3.05, 3.63) is 84.0 Å². The summed E-state index contributed by atoms with van der Waals surface area (Å²) in [6, 6.07) is 16.9. The van der Waals surface area contributed by atoms with E-state index in [9.17, 15) is 4.79 Å². The van der Waals surface area contributed by atoms with Gasteiger partial charge in [-0.2, -0.15) is 0 Å². The minimum atomic E-state index is 0.00461. The molecule has 0 fully saturated rings. The molecule has 0 unspecified atom stereocenters. The van der Waals surface area contributed by atoms with Crippen LogP contribution in [-0.4, -0.2) is 12.9 Å². The van der Waals surface area contributed by atoms with Gasteiger partial charge in [-0.25, -0.2) is 0 Å². The molecule has 0 aliphatic heterocycles. The minimum absolute atomic E-state index is 0.00461. The van der Waals surface area contributed by atoms with Gasteiger partial charge < -0.3 is 4.74 Å². The molecule has 2 heteroatoms. The van der Waals surface area contributed by atoms with Crippen LogP contribution >= 0.6 is 0 Å². The highest BCUT2D eigenvalue weighted by Gasteiger charge is 1.97. The SMILES string of the molecule is COc1ccc(/C=C/C=C/C(=O)c2ccccc2)cc1. The highest BCUT2D eigenvalue weighted by Crippen LogP contribution is 2.12. The normalized spacial score (nSPS) is 11.1. The number of benzene rings is 2. The zero-order valence-electron chi connectivity index (χ0n) is 11.3. The number of allylic oxidation sites excluding steroid dienone is 3. The van der Waals surface area contributed by atoms with E-state index in [4.69, 9.17) is 4.74 Å². The Morgan fingerprint density at radius 2 is 1.65 bits per heavy atom. The number of ether oxygens (including phenoxy) is 1. The summed E-state index contributed by atoms with van der Waals surface area (Å²) in [6.45, 7) is 0. The van der Waals surface area contributed by atoms with Crippen LogP contribution in [-0.2, 0) is 0 Å². The van der Waals surface area contributed by atoms with Crippen LogP contribution in [0.15, 0.2) is 72.8 Å². The van der Waals surface area contributed by atoms with E-state index in [-0.39, 0.29) is 5.78 Å². The van der Waals surface area contributed by atoms with Crippen molar-refractivity contribution in [3.8, 4) is 5.75 Å². The Bertz CT molecular complexity index is 608. The molecule has 0 saturated carbocycles. The van der Waals surface area contributed by atoms with Gasteiger partial charge in [0.25, 0.3) is 0 Å². The molecule has 0 amide bonds. The second-order valence-corrected chi connectivity index (χ2v) is 4.22. The van der Waals surface area contributed by atoms with Crippen molar-refractivity contribution in [1.82, 2.24) is 0 Å². The van der Waals surface area contributed by atoms with Gasteiger partial charge >= 0.3 is 0 Å². The van der Waals surface area contributed by atoms with E-state index in [1.165, 1.54) is 0 Å². The molecule has 0 saturated heterocycles. The number of methoxy groups -OCH3 is 1. The summed E-state index contributed by atoms with van der Waals surface area (Å²) in [5.74, 6) is 0.835. The van der Waals surface area contributed by atoms with E-state index < -0.39 is 0 Å². The molecule has 100 valence electrons. The predicted molar refractivity (Wildman–Crippen MR) is 81.9 cm³/mol. The Morgan fingerprint density at radius 3 is 2.30 bits per heavy atom. The zero-order chi connectivity index (χ0) is 14.2. The Kier molecular flexibility index (Phi) is 4.90. The Balaban J connectivity index is 1.95. The topological polar surface area (TPSA) is 26.3 Å². The third kappa shape index (κ3) is 3.95. The van der Waals surface area contributed by atoms with Crippen LogP contribution < -0.4 is 4.74 Å². The van der Waals surface area contributed by atoms with Gasteiger partial charge in [0.2, 0.25) is 0 Å². The highest BCUT2D eigenvalue weighted by molar-refractivity contribution is 6.04. The first kappa shape index (κ1) is 13.8. The first-order valence-electron chi connectivity index (χ1n) is 6.38. The molecule has 2 nitrogen and oxygen atoms in total. The van der Waals surface area contributed by atoms with Crippen LogP contribution in [0.25, 0.3) is 6.08 Å². The number of ketones is 1. The van der Waals surface area contributed by atoms with Crippen LogP contribution in [0.1, 0.15) is 15.9 Å². The summed E-state index contributed by atoms with van der Waals surface area (Å²) in [5.41, 5.74) is 1.75. The lowest BCUT2D eigenvalue weighted by Gasteiger charge is -1.98. The van der Waals surface area contributed by atoms with Gasteiger partial charge in [-0.05, 0) is 23.8 Å². The van der Waals surface area contributed by atoms with Crippen LogP contribution in [0.2, 0.25) is 0 Å². The molecule has 0 N–H and O–H groups in total. The maximum Gasteiger partial charge on any atom is 0.185 e. The van der Waals surface area contributed by atoms with Crippen molar-refractivity contribution in [1.29, 1.82) is 0 Å². The van der Waals surface area contributed by atoms with Crippen molar-refractivity contribution in [2.45, 2.75) is 0 Å². The molecule has 0 atom stereocenters. The molecule has 0 bridgehead atoms. The number of carbonyl (C=O) groups excluding carboxylic acids is 1. The molecule has 2 rings (SSSR count). The lowest BCUT2D eigenvalue weighted by atomic mass is 10.1. The molecule has 0 aliphatic rings. The zero-order valence-corrected chi connectivity index (χ0v) is 11.3. The molecule has 0 aliphatic carbocycles. The van der Waals surface area contributed by atoms with Crippen molar-refractivity contribution in [2.24, 2.45) is 0 Å². The monoisotopic (exact) mass is 264 g/mol. The van der Waals surface area contributed by atoms with E-state index >= 15 is 0 Å². The van der Waals surface area contributed by atoms with Gasteiger partial charge in [0.1, 0.15) is 5.75 Å². The van der Waals surface area contributed by atoms with E-state index in [1.54, 1.807) is 31.4 Å². The van der Waals surface area contributed by atoms with Gasteiger partial charge in [-0.1, -0.05) is 60.7 Å². The van der Waals surface area contributed by atoms with Gasteiger partial charge in [0, 0.05) is 5.56 Å². The molecule has 2 aromatic rings. The smallest absolute Gasteiger partial charge is 0.185 e. The minimum Gasteiger partial charge on any atom is -0.497 e. The second kappa shape index (κ2) is 7.10. The fourth-order valence-corrected chi connectivity index (χ4v) is 1.72. The lowest BCUT2D eigenvalue weighted by Crippen LogP contribution is -1.92. The highest BCUT2D eigenvalue weighted by atomic mass is 16.5. The second-order valence-electron chi connectivity index (χ2n) is 4.22. The van der Waals surface area contributed by atoms with Gasteiger partial charge in [-0.3, -0.25) is 4.79 Å². The van der Waals surface area contributed by atoms with E-state index in [2.05, 4.69) is 0 Å². The number of hydrogen-bond acceptors (Lipinski definition) is 2. The molecule has 0 aromatic heterocycles. The molecular weight excluding hydrogens is 248 g/mol. The Hall–Kier alpha value is -2.61. The van der Waals surface area contributed by atoms with E-state index in [0.29, 0.717) is 5.56 Å². The Morgan fingerprint density at radius 1 is 0.950 bits per heavy atom. The summed E-state index contributed by atoms with van der Waals surface area (Å²) in [4.78, 5) is 11.8. The predicted octanol–water partition coefficient (Wildman–Crippen LogP) is 4.15. The van der Waals surface area contributed by atoms with Crippen molar-refractivity contribution < 1.29 is 9.53 Å². The maximum atomic E-state index is 11.8. The van der Waals surface area contributed by atoms with Crippen molar-refractivity contribution >= 4 is 11.9 Å². The molecule has 0 radical (unpaired) electrons. The number of rotatable bonds is 5. The van der Waals surface area contributed by atoms with Crippen molar-refractivity contribution in [2.75, 3.05) is 7.11 Å². The lowest BCUT2D eigenvalue weighted by molar-refractivity contribution is 0.104. The van der Waals surface area contributed by atoms with Crippen LogP contribution in [0.3, 0.4) is 0 Å². The number of carbonyl (C=O) groups is 1. The fourth-order valence-electron chi connectivity index (χ4n) is 1.72. The van der Waals surface area contributed by atoms with E-state index in [0.717, 1.165) is 11.3 Å². The standard InChI is InChI=1S/C18H16O2/c1-20-17-13-11-15(12-14-17)7-5-6-10-18(19)16-8-3-2-4-9-16/h2-14H,1H3/b7-5+,10-6+. The average Bonchev–Trinajstić information content (AvgIpc) is 2.53. The third-order valence-electron chi connectivity index (χ3n) is 2.82. The summed E-state index contributed by atoms with van der Waals surface area (Å²) >= 11 is 0.